The van der Waals surface area contributed by atoms with Crippen LogP contribution in [0.25, 0.3) is 0 Å². The second kappa shape index (κ2) is 6.01. The minimum Gasteiger partial charge on any atom is -0.395 e. The number of fused-ring (bicyclic) bond motifs is 1. The van der Waals surface area contributed by atoms with Crippen LogP contribution in [-0.4, -0.2) is 73.5 Å². The van der Waals surface area contributed by atoms with Gasteiger partial charge in [0.05, 0.1) is 25.3 Å². The van der Waals surface area contributed by atoms with Gasteiger partial charge >= 0.3 is 0 Å². The fourth-order valence-corrected chi connectivity index (χ4v) is 2.65. The molecule has 0 unspecified atom stereocenters. The van der Waals surface area contributed by atoms with E-state index in [0.717, 1.165) is 0 Å². The van der Waals surface area contributed by atoms with Crippen molar-refractivity contribution in [1.82, 2.24) is 5.32 Å². The molecule has 3 N–H and O–H groups in total. The van der Waals surface area contributed by atoms with Crippen molar-refractivity contribution in [3.63, 3.8) is 0 Å². The van der Waals surface area contributed by atoms with Crippen LogP contribution in [0.3, 0.4) is 0 Å². The fourth-order valence-electron chi connectivity index (χ4n) is 2.65. The molecule has 0 amide bonds. The summed E-state index contributed by atoms with van der Waals surface area (Å²) in [6, 6.07) is -0.614. The lowest BCUT2D eigenvalue weighted by Crippen LogP contribution is -2.66. The number of methoxy groups -OCH3 is 1. The number of ether oxygens (including phenoxy) is 4. The molecule has 2 saturated heterocycles. The zero-order valence-corrected chi connectivity index (χ0v) is 11.5. The molecule has 2 aliphatic rings. The Labute approximate surface area is 112 Å². The minimum atomic E-state index is -0.810. The molecule has 5 atom stereocenters. The van der Waals surface area contributed by atoms with Crippen molar-refractivity contribution in [3.8, 4) is 0 Å². The zero-order valence-electron chi connectivity index (χ0n) is 11.5. The van der Waals surface area contributed by atoms with Crippen molar-refractivity contribution in [2.45, 2.75) is 50.0 Å². The molecule has 0 aromatic carbocycles. The summed E-state index contributed by atoms with van der Waals surface area (Å²) in [5, 5.41) is 22.6. The number of aliphatic hydroxyl groups excluding tert-OH is 2. The van der Waals surface area contributed by atoms with E-state index in [1.165, 1.54) is 0 Å². The first kappa shape index (κ1) is 15.1. The van der Waals surface area contributed by atoms with E-state index in [9.17, 15) is 10.2 Å². The highest BCUT2D eigenvalue weighted by molar-refractivity contribution is 5.03. The lowest BCUT2D eigenvalue weighted by atomic mass is 9.91. The van der Waals surface area contributed by atoms with Crippen LogP contribution in [0, 0.1) is 0 Å². The van der Waals surface area contributed by atoms with Gasteiger partial charge in [0.2, 0.25) is 0 Å². The maximum absolute atomic E-state index is 10.2. The number of piperidine rings is 1. The summed E-state index contributed by atoms with van der Waals surface area (Å²) < 4.78 is 21.7. The van der Waals surface area contributed by atoms with Crippen LogP contribution in [0.2, 0.25) is 0 Å². The molecule has 0 aromatic rings. The van der Waals surface area contributed by atoms with E-state index in [1.807, 2.05) is 0 Å². The Morgan fingerprint density at radius 1 is 1.21 bits per heavy atom. The van der Waals surface area contributed by atoms with Crippen molar-refractivity contribution in [2.24, 2.45) is 0 Å². The van der Waals surface area contributed by atoms with Gasteiger partial charge in [0.1, 0.15) is 25.1 Å². The Kier molecular flexibility index (Phi) is 4.78. The molecule has 2 heterocycles. The highest BCUT2D eigenvalue weighted by Crippen LogP contribution is 2.35. The number of hydrogen-bond donors (Lipinski definition) is 3. The van der Waals surface area contributed by atoms with E-state index in [-0.39, 0.29) is 25.5 Å². The van der Waals surface area contributed by atoms with Gasteiger partial charge in [0, 0.05) is 7.11 Å². The van der Waals surface area contributed by atoms with Crippen LogP contribution in [0.5, 0.6) is 0 Å². The molecule has 7 heteroatoms. The van der Waals surface area contributed by atoms with Gasteiger partial charge in [-0.05, 0) is 13.8 Å². The van der Waals surface area contributed by atoms with E-state index in [1.54, 1.807) is 21.0 Å². The van der Waals surface area contributed by atoms with Gasteiger partial charge in [-0.15, -0.1) is 0 Å². The van der Waals surface area contributed by atoms with Crippen LogP contribution in [-0.2, 0) is 18.9 Å². The molecule has 0 bridgehead atoms. The first-order chi connectivity index (χ1) is 8.98. The summed E-state index contributed by atoms with van der Waals surface area (Å²) in [6.45, 7) is 3.98. The van der Waals surface area contributed by atoms with E-state index in [4.69, 9.17) is 18.9 Å². The predicted molar refractivity (Wildman–Crippen MR) is 65.5 cm³/mol. The highest BCUT2D eigenvalue weighted by Gasteiger charge is 2.53. The van der Waals surface area contributed by atoms with E-state index < -0.39 is 24.0 Å². The largest absolute Gasteiger partial charge is 0.395 e. The lowest BCUT2D eigenvalue weighted by Gasteiger charge is -2.40. The van der Waals surface area contributed by atoms with E-state index in [2.05, 4.69) is 5.32 Å². The first-order valence-corrected chi connectivity index (χ1v) is 6.46. The molecule has 0 saturated carbocycles. The van der Waals surface area contributed by atoms with Gasteiger partial charge < -0.3 is 34.5 Å². The number of rotatable bonds is 5. The van der Waals surface area contributed by atoms with E-state index >= 15 is 0 Å². The Hall–Kier alpha value is -0.280. The monoisotopic (exact) mass is 277 g/mol. The molecule has 7 nitrogen and oxygen atoms in total. The third-order valence-electron chi connectivity index (χ3n) is 3.43. The first-order valence-electron chi connectivity index (χ1n) is 6.46. The zero-order chi connectivity index (χ0) is 14.0. The molecule has 2 fully saturated rings. The number of nitrogens with one attached hydrogen (secondary N) is 1. The minimum absolute atomic E-state index is 0.164. The normalized spacial score (nSPS) is 41.2. The van der Waals surface area contributed by atoms with Gasteiger partial charge in [-0.25, -0.2) is 0 Å². The number of hydrogen-bond acceptors (Lipinski definition) is 7. The summed E-state index contributed by atoms with van der Waals surface area (Å²) in [7, 11) is 1.55. The molecule has 19 heavy (non-hydrogen) atoms. The lowest BCUT2D eigenvalue weighted by molar-refractivity contribution is -0.155. The summed E-state index contributed by atoms with van der Waals surface area (Å²) in [4.78, 5) is 0. The van der Waals surface area contributed by atoms with Crippen LogP contribution in [0.1, 0.15) is 13.8 Å². The standard InChI is InChI=1S/C12H23NO6/c1-12(2)18-10-8(5-17-6-16-3)13-7(4-14)9(15)11(10)19-12/h7-11,13-15H,4-6H2,1-3H3/t7-,8+,9+,10+,11-/m1/s1. The van der Waals surface area contributed by atoms with Crippen molar-refractivity contribution in [1.29, 1.82) is 0 Å². The molecule has 112 valence electrons. The topological polar surface area (TPSA) is 89.4 Å². The quantitative estimate of drug-likeness (QED) is 0.430. The third kappa shape index (κ3) is 3.25. The average Bonchev–Trinajstić information content (AvgIpc) is 2.69. The number of aliphatic hydroxyl groups is 2. The van der Waals surface area contributed by atoms with Crippen molar-refractivity contribution >= 4 is 0 Å². The smallest absolute Gasteiger partial charge is 0.163 e. The van der Waals surface area contributed by atoms with Crippen LogP contribution >= 0.6 is 0 Å². The van der Waals surface area contributed by atoms with Gasteiger partial charge in [0.15, 0.2) is 5.79 Å². The molecule has 0 radical (unpaired) electrons. The molecule has 0 spiro atoms. The Morgan fingerprint density at radius 3 is 2.53 bits per heavy atom. The van der Waals surface area contributed by atoms with Crippen molar-refractivity contribution < 1.29 is 29.2 Å². The second-order valence-electron chi connectivity index (χ2n) is 5.39. The van der Waals surface area contributed by atoms with Crippen molar-refractivity contribution in [3.05, 3.63) is 0 Å². The third-order valence-corrected chi connectivity index (χ3v) is 3.43. The van der Waals surface area contributed by atoms with Crippen molar-refractivity contribution in [2.75, 3.05) is 27.1 Å². The summed E-state index contributed by atoms with van der Waals surface area (Å²) in [5.74, 6) is -0.748. The predicted octanol–water partition coefficient (Wildman–Crippen LogP) is -1.18. The van der Waals surface area contributed by atoms with Crippen LogP contribution < -0.4 is 5.32 Å². The SMILES string of the molecule is COCOC[C@@H]1N[C@H](CO)[C@H](O)[C@H]2OC(C)(C)O[C@H]21. The van der Waals surface area contributed by atoms with Crippen LogP contribution in [0.4, 0.5) is 0 Å². The molecule has 0 aromatic heterocycles. The fraction of sp³-hybridized carbons (Fsp3) is 1.00. The molecular formula is C12H23NO6. The molecular weight excluding hydrogens is 254 g/mol. The highest BCUT2D eigenvalue weighted by atomic mass is 16.8. The maximum Gasteiger partial charge on any atom is 0.163 e. The molecule has 2 aliphatic heterocycles. The Bertz CT molecular complexity index is 300. The Balaban J connectivity index is 2.05. The van der Waals surface area contributed by atoms with Gasteiger partial charge in [0.25, 0.3) is 0 Å². The summed E-state index contributed by atoms with van der Waals surface area (Å²) in [5.41, 5.74) is 0. The van der Waals surface area contributed by atoms with Gasteiger partial charge in [-0.1, -0.05) is 0 Å². The molecule has 2 rings (SSSR count). The second-order valence-corrected chi connectivity index (χ2v) is 5.39. The van der Waals surface area contributed by atoms with E-state index in [0.29, 0.717) is 6.61 Å². The average molecular weight is 277 g/mol. The maximum atomic E-state index is 10.2. The Morgan fingerprint density at radius 2 is 1.89 bits per heavy atom. The summed E-state index contributed by atoms with van der Waals surface area (Å²) in [6.07, 6.45) is -1.59. The molecule has 0 aliphatic carbocycles. The summed E-state index contributed by atoms with van der Waals surface area (Å²) >= 11 is 0. The van der Waals surface area contributed by atoms with Crippen LogP contribution in [0.15, 0.2) is 0 Å². The van der Waals surface area contributed by atoms with Gasteiger partial charge in [-0.3, -0.25) is 0 Å². The van der Waals surface area contributed by atoms with Gasteiger partial charge in [-0.2, -0.15) is 0 Å².